The molecule has 0 atom stereocenters. The van der Waals surface area contributed by atoms with Crippen LogP contribution in [0.15, 0.2) is 30.6 Å². The van der Waals surface area contributed by atoms with Crippen molar-refractivity contribution in [1.29, 1.82) is 0 Å². The van der Waals surface area contributed by atoms with E-state index in [1.54, 1.807) is 29.1 Å². The van der Waals surface area contributed by atoms with Gasteiger partial charge < -0.3 is 5.48 Å². The van der Waals surface area contributed by atoms with Crippen LogP contribution in [0.3, 0.4) is 0 Å². The molecule has 0 bridgehead atoms. The minimum atomic E-state index is -3.84. The molecule has 0 aliphatic heterocycles. The van der Waals surface area contributed by atoms with Crippen LogP contribution in [0.25, 0.3) is 0 Å². The predicted molar refractivity (Wildman–Crippen MR) is 45.0 cm³/mol. The maximum Gasteiger partial charge on any atom is 0.271 e. The van der Waals surface area contributed by atoms with Gasteiger partial charge in [0.25, 0.3) is 10.1 Å². The van der Waals surface area contributed by atoms with Crippen molar-refractivity contribution in [3.05, 3.63) is 30.6 Å². The Kier molecular flexibility index (Phi) is 4.53. The second-order valence-corrected chi connectivity index (χ2v) is 3.97. The molecule has 0 aliphatic rings. The number of hydrogen-bond acceptors (Lipinski definition) is 3. The third kappa shape index (κ3) is 5.29. The van der Waals surface area contributed by atoms with E-state index >= 15 is 0 Å². The molecule has 0 spiro atoms. The third-order valence-electron chi connectivity index (χ3n) is 1.38. The first kappa shape index (κ1) is 12.0. The summed E-state index contributed by atoms with van der Waals surface area (Å²) in [5, 5.41) is 0. The maximum atomic E-state index is 10.3. The predicted octanol–water partition coefficient (Wildman–Crippen LogP) is -0.315. The maximum absolute atomic E-state index is 10.3. The van der Waals surface area contributed by atoms with Gasteiger partial charge in [0.1, 0.15) is 5.75 Å². The third-order valence-corrected chi connectivity index (χ3v) is 2.08. The summed E-state index contributed by atoms with van der Waals surface area (Å²) >= 11 is 0. The summed E-state index contributed by atoms with van der Waals surface area (Å²) in [6, 6.07) is 5.43. The second kappa shape index (κ2) is 4.90. The van der Waals surface area contributed by atoms with Crippen LogP contribution in [0.5, 0.6) is 0 Å². The lowest BCUT2D eigenvalue weighted by Crippen LogP contribution is -2.35. The molecule has 0 fully saturated rings. The Morgan fingerprint density at radius 1 is 1.15 bits per heavy atom. The Balaban J connectivity index is 0.00000144. The van der Waals surface area contributed by atoms with Gasteiger partial charge in [0.2, 0.25) is 0 Å². The van der Waals surface area contributed by atoms with Crippen LogP contribution in [-0.4, -0.2) is 24.2 Å². The van der Waals surface area contributed by atoms with E-state index in [1.165, 1.54) is 0 Å². The summed E-state index contributed by atoms with van der Waals surface area (Å²) in [6.07, 6.45) is 3.48. The van der Waals surface area contributed by atoms with Gasteiger partial charge in [-0.05, 0) is 0 Å². The van der Waals surface area contributed by atoms with Gasteiger partial charge in [-0.2, -0.15) is 8.42 Å². The molecule has 0 saturated carbocycles. The Morgan fingerprint density at radius 2 is 1.69 bits per heavy atom. The molecular weight excluding hydrogens is 194 g/mol. The van der Waals surface area contributed by atoms with Gasteiger partial charge in [0.05, 0.1) is 0 Å². The van der Waals surface area contributed by atoms with Crippen molar-refractivity contribution in [2.24, 2.45) is 0 Å². The largest absolute Gasteiger partial charge is 0.870 e. The highest BCUT2D eigenvalue weighted by atomic mass is 32.2. The van der Waals surface area contributed by atoms with Gasteiger partial charge in [-0.1, -0.05) is 6.07 Å². The molecule has 1 heterocycles. The molecule has 0 saturated heterocycles. The zero-order valence-corrected chi connectivity index (χ0v) is 7.68. The van der Waals surface area contributed by atoms with E-state index in [2.05, 4.69) is 0 Å². The Hall–Kier alpha value is -0.980. The monoisotopic (exact) mass is 205 g/mol. The van der Waals surface area contributed by atoms with Crippen molar-refractivity contribution in [2.45, 2.75) is 6.54 Å². The van der Waals surface area contributed by atoms with E-state index in [-0.39, 0.29) is 17.8 Å². The highest BCUT2D eigenvalue weighted by Crippen LogP contribution is 1.82. The molecule has 13 heavy (non-hydrogen) atoms. The molecule has 5 nitrogen and oxygen atoms in total. The van der Waals surface area contributed by atoms with Crippen LogP contribution in [0.1, 0.15) is 0 Å². The fourth-order valence-corrected chi connectivity index (χ4v) is 1.25. The molecule has 74 valence electrons. The highest BCUT2D eigenvalue weighted by molar-refractivity contribution is 7.85. The van der Waals surface area contributed by atoms with Gasteiger partial charge in [0, 0.05) is 12.1 Å². The summed E-state index contributed by atoms with van der Waals surface area (Å²) in [4.78, 5) is 0. The summed E-state index contributed by atoms with van der Waals surface area (Å²) in [7, 11) is -3.84. The van der Waals surface area contributed by atoms with E-state index in [0.717, 1.165) is 0 Å². The van der Waals surface area contributed by atoms with Crippen LogP contribution in [-0.2, 0) is 16.7 Å². The first-order valence-corrected chi connectivity index (χ1v) is 5.08. The fraction of sp³-hybridized carbons (Fsp3) is 0.286. The summed E-state index contributed by atoms with van der Waals surface area (Å²) in [6.45, 7) is 0.277. The van der Waals surface area contributed by atoms with Crippen LogP contribution in [0, 0.1) is 0 Å². The van der Waals surface area contributed by atoms with Crippen molar-refractivity contribution >= 4 is 10.1 Å². The lowest BCUT2D eigenvalue weighted by atomic mass is 10.5. The Bertz CT molecular complexity index is 335. The standard InChI is InChI=1S/C7H9NO3S.H2O/c9-12(10,11)7-6-8-4-2-1-3-5-8;/h1-5H,6-7H2;1H2. The smallest absolute Gasteiger partial charge is 0.271 e. The fourth-order valence-electron chi connectivity index (χ4n) is 0.804. The topological polar surface area (TPSA) is 88.2 Å². The van der Waals surface area contributed by atoms with Gasteiger partial charge in [0.15, 0.2) is 18.9 Å². The van der Waals surface area contributed by atoms with Crippen LogP contribution in [0.2, 0.25) is 0 Å². The zero-order chi connectivity index (χ0) is 9.03. The highest BCUT2D eigenvalue weighted by Gasteiger charge is 2.07. The van der Waals surface area contributed by atoms with Crippen LogP contribution >= 0.6 is 0 Å². The first-order chi connectivity index (χ1) is 5.58. The van der Waals surface area contributed by atoms with Crippen molar-refractivity contribution in [3.8, 4) is 0 Å². The number of aryl methyl sites for hydroxylation is 1. The Labute approximate surface area is 76.7 Å². The lowest BCUT2D eigenvalue weighted by molar-refractivity contribution is -0.692. The lowest BCUT2D eigenvalue weighted by Gasteiger charge is -1.93. The van der Waals surface area contributed by atoms with Gasteiger partial charge in [-0.3, -0.25) is 4.55 Å². The summed E-state index contributed by atoms with van der Waals surface area (Å²) in [5.74, 6) is -0.248. The number of hydrogen-bond donors (Lipinski definition) is 1. The minimum Gasteiger partial charge on any atom is -0.870 e. The molecule has 0 radical (unpaired) electrons. The van der Waals surface area contributed by atoms with Crippen molar-refractivity contribution in [3.63, 3.8) is 0 Å². The molecule has 1 rings (SSSR count). The number of pyridine rings is 1. The molecule has 0 amide bonds. The molecule has 1 aromatic rings. The van der Waals surface area contributed by atoms with Crippen LogP contribution < -0.4 is 4.57 Å². The van der Waals surface area contributed by atoms with Gasteiger partial charge in [-0.25, -0.2) is 4.57 Å². The molecule has 0 unspecified atom stereocenters. The summed E-state index contributed by atoms with van der Waals surface area (Å²) in [5.41, 5.74) is 0. The number of rotatable bonds is 3. The molecule has 6 heteroatoms. The number of nitrogens with zero attached hydrogens (tertiary/aromatic N) is 1. The molecule has 1 aromatic heterocycles. The van der Waals surface area contributed by atoms with E-state index < -0.39 is 10.1 Å². The van der Waals surface area contributed by atoms with Crippen molar-refractivity contribution in [2.75, 3.05) is 5.75 Å². The van der Waals surface area contributed by atoms with Crippen molar-refractivity contribution in [1.82, 2.24) is 0 Å². The van der Waals surface area contributed by atoms with E-state index in [0.29, 0.717) is 0 Å². The van der Waals surface area contributed by atoms with E-state index in [9.17, 15) is 8.42 Å². The Morgan fingerprint density at radius 3 is 2.15 bits per heavy atom. The molecule has 0 aliphatic carbocycles. The first-order valence-electron chi connectivity index (χ1n) is 3.47. The van der Waals surface area contributed by atoms with Crippen molar-refractivity contribution < 1.29 is 23.0 Å². The molecular formula is C7H11NO4S. The average molecular weight is 205 g/mol. The zero-order valence-electron chi connectivity index (χ0n) is 6.87. The van der Waals surface area contributed by atoms with Crippen LogP contribution in [0.4, 0.5) is 0 Å². The SMILES string of the molecule is O=S(=O)(O)CC[n+]1ccccc1.[OH-]. The minimum absolute atomic E-state index is 0. The molecule has 2 N–H and O–H groups in total. The quantitative estimate of drug-likeness (QED) is 0.541. The van der Waals surface area contributed by atoms with Gasteiger partial charge in [-0.15, -0.1) is 0 Å². The summed E-state index contributed by atoms with van der Waals surface area (Å²) < 4.78 is 30.8. The second-order valence-electron chi connectivity index (χ2n) is 2.40. The van der Waals surface area contributed by atoms with E-state index in [1.807, 2.05) is 6.07 Å². The van der Waals surface area contributed by atoms with E-state index in [4.69, 9.17) is 4.55 Å². The normalized spacial score (nSPS) is 10.5. The van der Waals surface area contributed by atoms with Gasteiger partial charge >= 0.3 is 0 Å². The molecule has 0 aromatic carbocycles. The number of aromatic nitrogens is 1. The average Bonchev–Trinajstić information content (AvgIpc) is 2.02.